The SMILES string of the molecule is COc1cc(C=O)cc(C#N)c1C(O)C(=O)O. The van der Waals surface area contributed by atoms with Crippen molar-refractivity contribution >= 4 is 12.3 Å². The summed E-state index contributed by atoms with van der Waals surface area (Å²) in [6.45, 7) is 0. The Bertz CT molecular complexity index is 503. The molecule has 6 heteroatoms. The van der Waals surface area contributed by atoms with Crippen LogP contribution >= 0.6 is 0 Å². The summed E-state index contributed by atoms with van der Waals surface area (Å²) in [5, 5.41) is 27.0. The van der Waals surface area contributed by atoms with Gasteiger partial charge in [-0.2, -0.15) is 5.26 Å². The van der Waals surface area contributed by atoms with E-state index in [-0.39, 0.29) is 22.4 Å². The average Bonchev–Trinajstić information content (AvgIpc) is 2.35. The molecule has 0 aliphatic rings. The number of hydrogen-bond acceptors (Lipinski definition) is 5. The molecule has 17 heavy (non-hydrogen) atoms. The molecule has 0 aromatic heterocycles. The number of carboxylic acids is 1. The third kappa shape index (κ3) is 2.41. The number of aliphatic hydroxyl groups is 1. The van der Waals surface area contributed by atoms with E-state index in [9.17, 15) is 14.7 Å². The van der Waals surface area contributed by atoms with E-state index in [0.29, 0.717) is 6.29 Å². The highest BCUT2D eigenvalue weighted by atomic mass is 16.5. The van der Waals surface area contributed by atoms with Crippen molar-refractivity contribution in [1.29, 1.82) is 5.26 Å². The van der Waals surface area contributed by atoms with Crippen LogP contribution < -0.4 is 4.74 Å². The van der Waals surface area contributed by atoms with Gasteiger partial charge in [-0.15, -0.1) is 0 Å². The molecule has 1 aromatic carbocycles. The normalized spacial score (nSPS) is 11.4. The van der Waals surface area contributed by atoms with Crippen molar-refractivity contribution in [2.45, 2.75) is 6.10 Å². The summed E-state index contributed by atoms with van der Waals surface area (Å²) >= 11 is 0. The van der Waals surface area contributed by atoms with Crippen LogP contribution in [0.15, 0.2) is 12.1 Å². The van der Waals surface area contributed by atoms with Crippen LogP contribution in [0.1, 0.15) is 27.6 Å². The number of rotatable bonds is 4. The molecule has 0 saturated carbocycles. The zero-order valence-electron chi connectivity index (χ0n) is 8.88. The zero-order valence-corrected chi connectivity index (χ0v) is 8.88. The number of ether oxygens (including phenoxy) is 1. The van der Waals surface area contributed by atoms with Crippen molar-refractivity contribution in [3.05, 3.63) is 28.8 Å². The molecule has 0 aliphatic carbocycles. The van der Waals surface area contributed by atoms with Gasteiger partial charge in [0.05, 0.1) is 24.3 Å². The maximum absolute atomic E-state index is 10.7. The molecule has 0 heterocycles. The van der Waals surface area contributed by atoms with Crippen molar-refractivity contribution in [3.63, 3.8) is 0 Å². The van der Waals surface area contributed by atoms with E-state index in [2.05, 4.69) is 0 Å². The van der Waals surface area contributed by atoms with Gasteiger partial charge in [-0.05, 0) is 12.1 Å². The van der Waals surface area contributed by atoms with Gasteiger partial charge in [-0.3, -0.25) is 4.79 Å². The number of carboxylic acid groups (broad SMARTS) is 1. The first-order chi connectivity index (χ1) is 8.04. The van der Waals surface area contributed by atoms with Gasteiger partial charge in [0.2, 0.25) is 0 Å². The molecule has 6 nitrogen and oxygen atoms in total. The van der Waals surface area contributed by atoms with E-state index in [1.165, 1.54) is 19.2 Å². The lowest BCUT2D eigenvalue weighted by Gasteiger charge is -2.13. The molecule has 0 radical (unpaired) electrons. The van der Waals surface area contributed by atoms with Crippen molar-refractivity contribution < 1.29 is 24.5 Å². The maximum Gasteiger partial charge on any atom is 0.337 e. The Morgan fingerprint density at radius 1 is 1.59 bits per heavy atom. The van der Waals surface area contributed by atoms with Gasteiger partial charge in [0.1, 0.15) is 12.0 Å². The molecule has 0 saturated heterocycles. The van der Waals surface area contributed by atoms with E-state index in [4.69, 9.17) is 15.1 Å². The molecule has 1 unspecified atom stereocenters. The standard InChI is InChI=1S/C11H9NO5/c1-17-8-3-6(5-13)2-7(4-12)9(8)10(14)11(15)16/h2-3,5,10,14H,1H3,(H,15,16). The third-order valence-corrected chi connectivity index (χ3v) is 2.15. The van der Waals surface area contributed by atoms with Crippen molar-refractivity contribution in [2.24, 2.45) is 0 Å². The number of hydrogen-bond donors (Lipinski definition) is 2. The number of aliphatic hydroxyl groups excluding tert-OH is 1. The number of methoxy groups -OCH3 is 1. The second-order valence-electron chi connectivity index (χ2n) is 3.15. The van der Waals surface area contributed by atoms with Gasteiger partial charge >= 0.3 is 5.97 Å². The summed E-state index contributed by atoms with van der Waals surface area (Å²) in [5.74, 6) is -1.51. The minimum absolute atomic E-state index is 0.0129. The molecule has 0 amide bonds. The minimum atomic E-state index is -1.87. The van der Waals surface area contributed by atoms with Crippen molar-refractivity contribution in [3.8, 4) is 11.8 Å². The number of aldehydes is 1. The van der Waals surface area contributed by atoms with Crippen LogP contribution in [0.3, 0.4) is 0 Å². The minimum Gasteiger partial charge on any atom is -0.496 e. The topological polar surface area (TPSA) is 108 Å². The van der Waals surface area contributed by atoms with E-state index in [0.717, 1.165) is 0 Å². The largest absolute Gasteiger partial charge is 0.496 e. The Balaban J connectivity index is 3.51. The van der Waals surface area contributed by atoms with Gasteiger partial charge in [-0.25, -0.2) is 4.79 Å². The Kier molecular flexibility index (Phi) is 3.80. The van der Waals surface area contributed by atoms with Crippen LogP contribution in [-0.4, -0.2) is 29.6 Å². The second-order valence-corrected chi connectivity index (χ2v) is 3.15. The highest BCUT2D eigenvalue weighted by Gasteiger charge is 2.24. The van der Waals surface area contributed by atoms with Crippen molar-refractivity contribution in [2.75, 3.05) is 7.11 Å². The first-order valence-corrected chi connectivity index (χ1v) is 4.53. The number of carbonyl (C=O) groups is 2. The Hall–Kier alpha value is -2.39. The predicted molar refractivity (Wildman–Crippen MR) is 55.7 cm³/mol. The molecule has 0 fully saturated rings. The second kappa shape index (κ2) is 5.09. The Morgan fingerprint density at radius 3 is 2.65 bits per heavy atom. The Morgan fingerprint density at radius 2 is 2.24 bits per heavy atom. The number of nitrogens with zero attached hydrogens (tertiary/aromatic N) is 1. The van der Waals surface area contributed by atoms with Crippen LogP contribution in [0.5, 0.6) is 5.75 Å². The van der Waals surface area contributed by atoms with Crippen LogP contribution in [0.25, 0.3) is 0 Å². The molecule has 1 atom stereocenters. The van der Waals surface area contributed by atoms with E-state index < -0.39 is 12.1 Å². The first kappa shape index (κ1) is 12.7. The predicted octanol–water partition coefficient (Wildman–Crippen LogP) is 0.497. The fraction of sp³-hybridized carbons (Fsp3) is 0.182. The molecule has 0 bridgehead atoms. The summed E-state index contributed by atoms with van der Waals surface area (Å²) in [7, 11) is 1.25. The first-order valence-electron chi connectivity index (χ1n) is 4.53. The molecule has 0 spiro atoms. The van der Waals surface area contributed by atoms with E-state index >= 15 is 0 Å². The van der Waals surface area contributed by atoms with E-state index in [1.54, 1.807) is 6.07 Å². The number of benzene rings is 1. The summed E-state index contributed by atoms with van der Waals surface area (Å²) < 4.78 is 4.87. The van der Waals surface area contributed by atoms with Crippen LogP contribution in [0, 0.1) is 11.3 Å². The molecule has 1 rings (SSSR count). The lowest BCUT2D eigenvalue weighted by molar-refractivity contribution is -0.147. The van der Waals surface area contributed by atoms with Crippen LogP contribution in [0.2, 0.25) is 0 Å². The molecule has 0 aliphatic heterocycles. The summed E-state index contributed by atoms with van der Waals surface area (Å²) in [6, 6.07) is 4.17. The fourth-order valence-electron chi connectivity index (χ4n) is 1.38. The maximum atomic E-state index is 10.7. The highest BCUT2D eigenvalue weighted by Crippen LogP contribution is 2.30. The fourth-order valence-corrected chi connectivity index (χ4v) is 1.38. The summed E-state index contributed by atoms with van der Waals surface area (Å²) in [6.07, 6.45) is -1.37. The lowest BCUT2D eigenvalue weighted by Crippen LogP contribution is -2.13. The van der Waals surface area contributed by atoms with Gasteiger partial charge in [0.25, 0.3) is 0 Å². The van der Waals surface area contributed by atoms with Crippen LogP contribution in [0.4, 0.5) is 0 Å². The highest BCUT2D eigenvalue weighted by molar-refractivity contribution is 5.81. The number of aliphatic carboxylic acids is 1. The monoisotopic (exact) mass is 235 g/mol. The van der Waals surface area contributed by atoms with Gasteiger partial charge in [0, 0.05) is 5.56 Å². The van der Waals surface area contributed by atoms with Gasteiger partial charge < -0.3 is 14.9 Å². The third-order valence-electron chi connectivity index (χ3n) is 2.15. The molecule has 2 N–H and O–H groups in total. The van der Waals surface area contributed by atoms with Crippen molar-refractivity contribution in [1.82, 2.24) is 0 Å². The summed E-state index contributed by atoms with van der Waals surface area (Å²) in [4.78, 5) is 21.3. The molecular weight excluding hydrogens is 226 g/mol. The smallest absolute Gasteiger partial charge is 0.337 e. The van der Waals surface area contributed by atoms with Crippen LogP contribution in [-0.2, 0) is 4.79 Å². The average molecular weight is 235 g/mol. The quantitative estimate of drug-likeness (QED) is 0.735. The zero-order chi connectivity index (χ0) is 13.0. The Labute approximate surface area is 96.7 Å². The van der Waals surface area contributed by atoms with Gasteiger partial charge in [-0.1, -0.05) is 0 Å². The molecular formula is C11H9NO5. The van der Waals surface area contributed by atoms with E-state index in [1.807, 2.05) is 0 Å². The number of nitriles is 1. The molecule has 1 aromatic rings. The summed E-state index contributed by atoms with van der Waals surface area (Å²) in [5.41, 5.74) is -0.103. The van der Waals surface area contributed by atoms with Gasteiger partial charge in [0.15, 0.2) is 6.10 Å². The molecule has 88 valence electrons. The lowest BCUT2D eigenvalue weighted by atomic mass is 9.99. The number of carbonyl (C=O) groups excluding carboxylic acids is 1.